The number of phenols is 1. The van der Waals surface area contributed by atoms with Crippen LogP contribution in [0.4, 0.5) is 0 Å². The zero-order valence-electron chi connectivity index (χ0n) is 10.2. The predicted octanol–water partition coefficient (Wildman–Crippen LogP) is 2.47. The van der Waals surface area contributed by atoms with Crippen LogP contribution in [0.3, 0.4) is 0 Å². The molecule has 0 bridgehead atoms. The summed E-state index contributed by atoms with van der Waals surface area (Å²) in [6, 6.07) is 8.02. The van der Waals surface area contributed by atoms with Crippen molar-refractivity contribution in [2.45, 2.75) is 32.4 Å². The first-order chi connectivity index (χ1) is 7.63. The van der Waals surface area contributed by atoms with E-state index in [0.29, 0.717) is 11.8 Å². The number of hydrogen-bond acceptors (Lipinski definition) is 3. The summed E-state index contributed by atoms with van der Waals surface area (Å²) in [6.07, 6.45) is 0.999. The Balaban J connectivity index is 2.45. The molecule has 0 aliphatic heterocycles. The minimum atomic E-state index is 0.285. The molecule has 1 aromatic rings. The van der Waals surface area contributed by atoms with Gasteiger partial charge in [0.1, 0.15) is 5.75 Å². The highest BCUT2D eigenvalue weighted by atomic mass is 16.5. The smallest absolute Gasteiger partial charge is 0.115 e. The monoisotopic (exact) mass is 223 g/mol. The maximum absolute atomic E-state index is 9.20. The molecule has 0 saturated heterocycles. The van der Waals surface area contributed by atoms with Crippen molar-refractivity contribution in [3.05, 3.63) is 29.8 Å². The Morgan fingerprint density at radius 2 is 1.88 bits per heavy atom. The van der Waals surface area contributed by atoms with Crippen molar-refractivity contribution >= 4 is 0 Å². The summed E-state index contributed by atoms with van der Waals surface area (Å²) in [6.45, 7) is 5.04. The van der Waals surface area contributed by atoms with Crippen LogP contribution in [-0.2, 0) is 4.74 Å². The molecule has 0 spiro atoms. The molecule has 3 nitrogen and oxygen atoms in total. The summed E-state index contributed by atoms with van der Waals surface area (Å²) in [4.78, 5) is 0. The number of nitrogens with one attached hydrogen (secondary N) is 1. The maximum Gasteiger partial charge on any atom is 0.115 e. The standard InChI is InChI=1S/C13H21NO2/c1-10(8-9-16-3)14-11(2)12-4-6-13(15)7-5-12/h4-7,10-11,14-15H,8-9H2,1-3H3. The molecule has 1 aromatic carbocycles. The van der Waals surface area contributed by atoms with Gasteiger partial charge in [-0.25, -0.2) is 0 Å². The highest BCUT2D eigenvalue weighted by Crippen LogP contribution is 2.17. The van der Waals surface area contributed by atoms with Crippen LogP contribution in [-0.4, -0.2) is 24.9 Å². The van der Waals surface area contributed by atoms with Gasteiger partial charge in [0.2, 0.25) is 0 Å². The fourth-order valence-corrected chi connectivity index (χ4v) is 1.66. The summed E-state index contributed by atoms with van der Waals surface area (Å²) >= 11 is 0. The van der Waals surface area contributed by atoms with Crippen LogP contribution in [0.25, 0.3) is 0 Å². The van der Waals surface area contributed by atoms with E-state index in [0.717, 1.165) is 13.0 Å². The van der Waals surface area contributed by atoms with Gasteiger partial charge >= 0.3 is 0 Å². The zero-order valence-corrected chi connectivity index (χ0v) is 10.2. The number of hydrogen-bond donors (Lipinski definition) is 2. The number of methoxy groups -OCH3 is 1. The van der Waals surface area contributed by atoms with Gasteiger partial charge in [-0.05, 0) is 38.0 Å². The van der Waals surface area contributed by atoms with E-state index in [2.05, 4.69) is 19.2 Å². The normalized spacial score (nSPS) is 14.7. The summed E-state index contributed by atoms with van der Waals surface area (Å²) in [5.74, 6) is 0.309. The lowest BCUT2D eigenvalue weighted by Gasteiger charge is -2.20. The van der Waals surface area contributed by atoms with Crippen LogP contribution in [0.2, 0.25) is 0 Å². The summed E-state index contributed by atoms with van der Waals surface area (Å²) in [5, 5.41) is 12.7. The van der Waals surface area contributed by atoms with Crippen LogP contribution in [0.1, 0.15) is 31.9 Å². The molecule has 0 aliphatic carbocycles. The molecule has 90 valence electrons. The third-order valence-corrected chi connectivity index (χ3v) is 2.68. The molecule has 0 saturated carbocycles. The first kappa shape index (κ1) is 13.0. The van der Waals surface area contributed by atoms with Crippen LogP contribution in [0.15, 0.2) is 24.3 Å². The van der Waals surface area contributed by atoms with Crippen molar-refractivity contribution in [1.29, 1.82) is 0 Å². The Labute approximate surface area is 97.4 Å². The molecule has 0 aliphatic rings. The van der Waals surface area contributed by atoms with Crippen molar-refractivity contribution in [1.82, 2.24) is 5.32 Å². The Morgan fingerprint density at radius 3 is 2.44 bits per heavy atom. The molecule has 0 heterocycles. The highest BCUT2D eigenvalue weighted by molar-refractivity contribution is 5.27. The second kappa shape index (κ2) is 6.51. The molecular weight excluding hydrogens is 202 g/mol. The fraction of sp³-hybridized carbons (Fsp3) is 0.538. The van der Waals surface area contributed by atoms with E-state index in [1.165, 1.54) is 5.56 Å². The van der Waals surface area contributed by atoms with E-state index in [1.807, 2.05) is 12.1 Å². The number of ether oxygens (including phenoxy) is 1. The third-order valence-electron chi connectivity index (χ3n) is 2.68. The van der Waals surface area contributed by atoms with Crippen molar-refractivity contribution in [3.8, 4) is 5.75 Å². The van der Waals surface area contributed by atoms with Crippen molar-refractivity contribution in [2.75, 3.05) is 13.7 Å². The Hall–Kier alpha value is -1.06. The van der Waals surface area contributed by atoms with Gasteiger partial charge in [0.05, 0.1) is 0 Å². The topological polar surface area (TPSA) is 41.5 Å². The molecule has 3 heteroatoms. The van der Waals surface area contributed by atoms with Crippen LogP contribution < -0.4 is 5.32 Å². The molecule has 0 fully saturated rings. The lowest BCUT2D eigenvalue weighted by atomic mass is 10.1. The molecule has 2 atom stereocenters. The van der Waals surface area contributed by atoms with Gasteiger partial charge in [-0.2, -0.15) is 0 Å². The Kier molecular flexibility index (Phi) is 5.29. The summed E-state index contributed by atoms with van der Waals surface area (Å²) in [7, 11) is 1.72. The highest BCUT2D eigenvalue weighted by Gasteiger charge is 2.08. The van der Waals surface area contributed by atoms with Gasteiger partial charge in [-0.3, -0.25) is 0 Å². The predicted molar refractivity (Wildman–Crippen MR) is 65.6 cm³/mol. The molecule has 0 radical (unpaired) electrons. The third kappa shape index (κ3) is 4.21. The molecule has 2 unspecified atom stereocenters. The summed E-state index contributed by atoms with van der Waals surface area (Å²) < 4.78 is 5.04. The Bertz CT molecular complexity index is 297. The lowest BCUT2D eigenvalue weighted by Crippen LogP contribution is -2.29. The number of aromatic hydroxyl groups is 1. The average Bonchev–Trinajstić information content (AvgIpc) is 2.27. The second-order valence-electron chi connectivity index (χ2n) is 4.16. The molecule has 0 amide bonds. The van der Waals surface area contributed by atoms with Crippen molar-refractivity contribution < 1.29 is 9.84 Å². The van der Waals surface area contributed by atoms with Gasteiger partial charge in [0.15, 0.2) is 0 Å². The number of phenolic OH excluding ortho intramolecular Hbond substituents is 1. The van der Waals surface area contributed by atoms with Gasteiger partial charge in [-0.15, -0.1) is 0 Å². The zero-order chi connectivity index (χ0) is 12.0. The van der Waals surface area contributed by atoms with E-state index in [4.69, 9.17) is 4.74 Å². The van der Waals surface area contributed by atoms with E-state index in [9.17, 15) is 5.11 Å². The summed E-state index contributed by atoms with van der Waals surface area (Å²) in [5.41, 5.74) is 1.18. The van der Waals surface area contributed by atoms with Crippen LogP contribution in [0, 0.1) is 0 Å². The maximum atomic E-state index is 9.20. The van der Waals surface area contributed by atoms with Gasteiger partial charge in [-0.1, -0.05) is 12.1 Å². The largest absolute Gasteiger partial charge is 0.508 e. The van der Waals surface area contributed by atoms with E-state index in [1.54, 1.807) is 19.2 Å². The lowest BCUT2D eigenvalue weighted by molar-refractivity contribution is 0.183. The minimum Gasteiger partial charge on any atom is -0.508 e. The molecular formula is C13H21NO2. The first-order valence-corrected chi connectivity index (χ1v) is 5.67. The average molecular weight is 223 g/mol. The van der Waals surface area contributed by atoms with Crippen LogP contribution >= 0.6 is 0 Å². The molecule has 16 heavy (non-hydrogen) atoms. The molecule has 0 aromatic heterocycles. The minimum absolute atomic E-state index is 0.285. The van der Waals surface area contributed by atoms with E-state index < -0.39 is 0 Å². The van der Waals surface area contributed by atoms with E-state index in [-0.39, 0.29) is 6.04 Å². The Morgan fingerprint density at radius 1 is 1.25 bits per heavy atom. The second-order valence-corrected chi connectivity index (χ2v) is 4.16. The van der Waals surface area contributed by atoms with Crippen LogP contribution in [0.5, 0.6) is 5.75 Å². The molecule has 1 rings (SSSR count). The first-order valence-electron chi connectivity index (χ1n) is 5.67. The fourth-order valence-electron chi connectivity index (χ4n) is 1.66. The van der Waals surface area contributed by atoms with Gasteiger partial charge in [0.25, 0.3) is 0 Å². The SMILES string of the molecule is COCCC(C)NC(C)c1ccc(O)cc1. The van der Waals surface area contributed by atoms with Gasteiger partial charge in [0, 0.05) is 25.8 Å². The van der Waals surface area contributed by atoms with Crippen molar-refractivity contribution in [3.63, 3.8) is 0 Å². The number of benzene rings is 1. The van der Waals surface area contributed by atoms with E-state index >= 15 is 0 Å². The van der Waals surface area contributed by atoms with Gasteiger partial charge < -0.3 is 15.2 Å². The quantitative estimate of drug-likeness (QED) is 0.778. The van der Waals surface area contributed by atoms with Crippen molar-refractivity contribution in [2.24, 2.45) is 0 Å². The number of rotatable bonds is 6. The molecule has 2 N–H and O–H groups in total.